The Morgan fingerprint density at radius 3 is 1.57 bits per heavy atom. The molecule has 11 nitrogen and oxygen atoms in total. The monoisotopic (exact) mass is 637 g/mol. The van der Waals surface area contributed by atoms with E-state index in [1.54, 1.807) is 39.8 Å². The number of hydrogen-bond acceptors (Lipinski definition) is 13. The van der Waals surface area contributed by atoms with Gasteiger partial charge in [0.2, 0.25) is 23.8 Å². The standard InChI is InChI=1S/C33H23N11S2/c1-2-20-9-7-11-22(17-20)28-39-30(35)43-32(41-28)37-24-13-3-5-15-26(24)45-46-27-16-6-4-14-25(27)38-33-42-29(40-31(36)44-33)23-12-8-10-21(18-23)19-34/h1,3-18H,(H3,35,37,39,41,43)(H3,36,38,40,42,44). The van der Waals surface area contributed by atoms with Gasteiger partial charge in [0.05, 0.1) is 23.0 Å². The summed E-state index contributed by atoms with van der Waals surface area (Å²) in [6.45, 7) is 0. The summed E-state index contributed by atoms with van der Waals surface area (Å²) in [6.07, 6.45) is 5.57. The van der Waals surface area contributed by atoms with Gasteiger partial charge in [0.25, 0.3) is 0 Å². The van der Waals surface area contributed by atoms with E-state index in [1.165, 1.54) is 0 Å². The van der Waals surface area contributed by atoms with Gasteiger partial charge in [-0.15, -0.1) is 6.42 Å². The normalized spacial score (nSPS) is 10.5. The highest BCUT2D eigenvalue weighted by Gasteiger charge is 2.13. The molecule has 2 heterocycles. The van der Waals surface area contributed by atoms with Crippen molar-refractivity contribution in [2.45, 2.75) is 9.79 Å². The van der Waals surface area contributed by atoms with Crippen LogP contribution in [0.5, 0.6) is 0 Å². The first kappa shape index (κ1) is 29.9. The van der Waals surface area contributed by atoms with Crippen LogP contribution in [0.2, 0.25) is 0 Å². The summed E-state index contributed by atoms with van der Waals surface area (Å²) in [5.74, 6) is 4.11. The maximum atomic E-state index is 9.28. The fourth-order valence-electron chi connectivity index (χ4n) is 4.25. The number of aromatic nitrogens is 6. The van der Waals surface area contributed by atoms with Crippen LogP contribution in [0.15, 0.2) is 107 Å². The Morgan fingerprint density at radius 1 is 0.587 bits per heavy atom. The molecule has 0 aliphatic rings. The minimum absolute atomic E-state index is 0.0558. The van der Waals surface area contributed by atoms with Crippen LogP contribution >= 0.6 is 21.6 Å². The number of nitrogens with two attached hydrogens (primary N) is 2. The topological polar surface area (TPSA) is 177 Å². The number of hydrogen-bond donors (Lipinski definition) is 4. The van der Waals surface area contributed by atoms with Crippen molar-refractivity contribution in [3.63, 3.8) is 0 Å². The lowest BCUT2D eigenvalue weighted by molar-refractivity contribution is 1.07. The summed E-state index contributed by atoms with van der Waals surface area (Å²) in [4.78, 5) is 28.1. The third-order valence-corrected chi connectivity index (χ3v) is 8.81. The number of nitriles is 1. The van der Waals surface area contributed by atoms with Crippen LogP contribution in [-0.4, -0.2) is 29.9 Å². The van der Waals surface area contributed by atoms with Crippen LogP contribution in [0.25, 0.3) is 22.8 Å². The second-order valence-electron chi connectivity index (χ2n) is 9.51. The lowest BCUT2D eigenvalue weighted by atomic mass is 10.1. The SMILES string of the molecule is C#Cc1cccc(-c2nc(N)nc(Nc3ccccc3SSc3ccccc3Nc3nc(N)nc(-c4cccc(C#N)c4)n3)n2)c1. The van der Waals surface area contributed by atoms with Crippen molar-refractivity contribution in [3.05, 3.63) is 108 Å². The van der Waals surface area contributed by atoms with Crippen molar-refractivity contribution in [2.75, 3.05) is 22.1 Å². The molecule has 4 aromatic carbocycles. The summed E-state index contributed by atoms with van der Waals surface area (Å²) >= 11 is 0. The fraction of sp³-hybridized carbons (Fsp3) is 0. The lowest BCUT2D eigenvalue weighted by Crippen LogP contribution is -2.05. The highest BCUT2D eigenvalue weighted by Crippen LogP contribution is 2.44. The molecule has 0 aliphatic carbocycles. The molecule has 2 aromatic heterocycles. The van der Waals surface area contributed by atoms with Crippen LogP contribution in [0.1, 0.15) is 11.1 Å². The molecule has 0 saturated carbocycles. The molecule has 0 bridgehead atoms. The van der Waals surface area contributed by atoms with Crippen LogP contribution in [0.3, 0.4) is 0 Å². The first-order valence-corrected chi connectivity index (χ1v) is 15.8. The van der Waals surface area contributed by atoms with Crippen LogP contribution in [-0.2, 0) is 0 Å². The van der Waals surface area contributed by atoms with Gasteiger partial charge in [-0.3, -0.25) is 0 Å². The third-order valence-electron chi connectivity index (χ3n) is 6.33. The Kier molecular flexibility index (Phi) is 8.87. The van der Waals surface area contributed by atoms with E-state index in [2.05, 4.69) is 52.5 Å². The summed E-state index contributed by atoms with van der Waals surface area (Å²) in [5.41, 5.74) is 16.2. The Bertz CT molecular complexity index is 1990. The van der Waals surface area contributed by atoms with Crippen LogP contribution < -0.4 is 22.1 Å². The molecule has 0 amide bonds. The molecule has 6 aromatic rings. The number of nitrogens with zero attached hydrogens (tertiary/aromatic N) is 7. The number of rotatable bonds is 9. The molecule has 0 atom stereocenters. The van der Waals surface area contributed by atoms with Gasteiger partial charge in [0, 0.05) is 26.5 Å². The molecule has 0 radical (unpaired) electrons. The first-order chi connectivity index (χ1) is 22.5. The maximum absolute atomic E-state index is 9.28. The van der Waals surface area contributed by atoms with E-state index >= 15 is 0 Å². The number of anilines is 6. The second-order valence-corrected chi connectivity index (χ2v) is 11.7. The molecule has 13 heteroatoms. The molecule has 0 saturated heterocycles. The third kappa shape index (κ3) is 7.14. The van der Waals surface area contributed by atoms with Crippen molar-refractivity contribution in [2.24, 2.45) is 0 Å². The van der Waals surface area contributed by atoms with E-state index in [9.17, 15) is 5.26 Å². The Balaban J connectivity index is 1.21. The predicted molar refractivity (Wildman–Crippen MR) is 183 cm³/mol. The van der Waals surface area contributed by atoms with E-state index in [-0.39, 0.29) is 17.8 Å². The predicted octanol–water partition coefficient (Wildman–Crippen LogP) is 6.69. The minimum atomic E-state index is 0.0558. The minimum Gasteiger partial charge on any atom is -0.368 e. The molecular formula is C33H23N11S2. The maximum Gasteiger partial charge on any atom is 0.232 e. The molecule has 6 N–H and O–H groups in total. The van der Waals surface area contributed by atoms with Crippen molar-refractivity contribution in [1.82, 2.24) is 29.9 Å². The second kappa shape index (κ2) is 13.7. The molecule has 0 fully saturated rings. The molecule has 46 heavy (non-hydrogen) atoms. The molecule has 222 valence electrons. The molecule has 0 unspecified atom stereocenters. The average Bonchev–Trinajstić information content (AvgIpc) is 3.08. The van der Waals surface area contributed by atoms with Gasteiger partial charge in [-0.25, -0.2) is 0 Å². The van der Waals surface area contributed by atoms with Crippen LogP contribution in [0, 0.1) is 23.7 Å². The van der Waals surface area contributed by atoms with Gasteiger partial charge in [0.15, 0.2) is 11.6 Å². The van der Waals surface area contributed by atoms with Crippen molar-refractivity contribution in [3.8, 4) is 41.2 Å². The van der Waals surface area contributed by atoms with Crippen molar-refractivity contribution < 1.29 is 0 Å². The average molecular weight is 638 g/mol. The number of nitrogen functional groups attached to an aromatic ring is 2. The highest BCUT2D eigenvalue weighted by molar-refractivity contribution is 8.76. The van der Waals surface area contributed by atoms with Crippen molar-refractivity contribution in [1.29, 1.82) is 5.26 Å². The van der Waals surface area contributed by atoms with Gasteiger partial charge in [-0.2, -0.15) is 35.2 Å². The smallest absolute Gasteiger partial charge is 0.232 e. The number of para-hydroxylation sites is 2. The zero-order chi connectivity index (χ0) is 31.9. The lowest BCUT2D eigenvalue weighted by Gasteiger charge is -2.13. The highest BCUT2D eigenvalue weighted by atomic mass is 33.1. The van der Waals surface area contributed by atoms with Gasteiger partial charge in [0.1, 0.15) is 0 Å². The Labute approximate surface area is 272 Å². The number of terminal acetylenes is 1. The van der Waals surface area contributed by atoms with Crippen LogP contribution in [0.4, 0.5) is 35.2 Å². The van der Waals surface area contributed by atoms with Crippen molar-refractivity contribution >= 4 is 56.8 Å². The van der Waals surface area contributed by atoms with Gasteiger partial charge >= 0.3 is 0 Å². The summed E-state index contributed by atoms with van der Waals surface area (Å²) in [6, 6.07) is 32.1. The van der Waals surface area contributed by atoms with Gasteiger partial charge in [-0.05, 0) is 48.5 Å². The molecule has 6 rings (SSSR count). The quantitative estimate of drug-likeness (QED) is 0.0974. The summed E-state index contributed by atoms with van der Waals surface area (Å²) in [5, 5.41) is 15.8. The van der Waals surface area contributed by atoms with Gasteiger partial charge < -0.3 is 22.1 Å². The molecule has 0 aliphatic heterocycles. The Hall–Kier alpha value is -6.15. The van der Waals surface area contributed by atoms with E-state index < -0.39 is 0 Å². The van der Waals surface area contributed by atoms with E-state index in [0.29, 0.717) is 34.3 Å². The van der Waals surface area contributed by atoms with Gasteiger partial charge in [-0.1, -0.05) is 76.0 Å². The number of benzene rings is 4. The van der Waals surface area contributed by atoms with E-state index in [4.69, 9.17) is 17.9 Å². The first-order valence-electron chi connectivity index (χ1n) is 13.6. The fourth-order valence-corrected chi connectivity index (χ4v) is 6.52. The molecule has 0 spiro atoms. The number of nitrogens with one attached hydrogen (secondary N) is 2. The zero-order valence-corrected chi connectivity index (χ0v) is 25.5. The summed E-state index contributed by atoms with van der Waals surface area (Å²) in [7, 11) is 3.08. The Morgan fingerprint density at radius 2 is 1.07 bits per heavy atom. The molecular weight excluding hydrogens is 615 g/mol. The summed E-state index contributed by atoms with van der Waals surface area (Å²) < 4.78 is 0. The largest absolute Gasteiger partial charge is 0.368 e. The van der Waals surface area contributed by atoms with E-state index in [0.717, 1.165) is 26.7 Å². The van der Waals surface area contributed by atoms with E-state index in [1.807, 2.05) is 78.9 Å². The zero-order valence-electron chi connectivity index (χ0n) is 23.9.